The van der Waals surface area contributed by atoms with E-state index in [1.807, 2.05) is 6.92 Å². The fraction of sp³-hybridized carbons (Fsp3) is 0.0952. The van der Waals surface area contributed by atoms with Crippen molar-refractivity contribution in [3.05, 3.63) is 88.9 Å². The van der Waals surface area contributed by atoms with Crippen molar-refractivity contribution in [2.24, 2.45) is 3.77 Å². The number of rotatable bonds is 5. The normalized spacial score (nSPS) is 12.5. The van der Waals surface area contributed by atoms with Crippen LogP contribution in [0.3, 0.4) is 0 Å². The molecule has 8 heteroatoms. The number of carbonyl (C=O) groups is 1. The van der Waals surface area contributed by atoms with Crippen LogP contribution >= 0.6 is 11.6 Å². The highest BCUT2D eigenvalue weighted by atomic mass is 35.5. The molecule has 3 aromatic carbocycles. The Hall–Kier alpha value is -2.48. The van der Waals surface area contributed by atoms with Gasteiger partial charge in [0.05, 0.1) is 4.90 Å². The van der Waals surface area contributed by atoms with Crippen LogP contribution in [0.25, 0.3) is 0 Å². The second-order valence-corrected chi connectivity index (χ2v) is 10.2. The maximum absolute atomic E-state index is 12.5. The molecule has 0 radical (unpaired) electrons. The lowest BCUT2D eigenvalue weighted by Gasteiger charge is -2.08. The van der Waals surface area contributed by atoms with Gasteiger partial charge in [0.2, 0.25) is 0 Å². The number of halogens is 1. The molecule has 0 aliphatic heterocycles. The van der Waals surface area contributed by atoms with Gasteiger partial charge < -0.3 is 5.32 Å². The van der Waals surface area contributed by atoms with E-state index in [0.717, 1.165) is 10.5 Å². The van der Waals surface area contributed by atoms with Gasteiger partial charge in [0.15, 0.2) is 0 Å². The average Bonchev–Trinajstić information content (AvgIpc) is 2.69. The second-order valence-electron chi connectivity index (χ2n) is 6.33. The lowest BCUT2D eigenvalue weighted by molar-refractivity contribution is 0.102. The molecule has 0 fully saturated rings. The van der Waals surface area contributed by atoms with Crippen molar-refractivity contribution in [3.63, 3.8) is 0 Å². The highest BCUT2D eigenvalue weighted by Gasteiger charge is 2.13. The van der Waals surface area contributed by atoms with Crippen molar-refractivity contribution in [1.29, 1.82) is 0 Å². The third kappa shape index (κ3) is 5.53. The SMILES string of the molecule is Cc1ccc(S(=O)(=O)/N=S(\C)c2ccc(NC(=O)c3ccc(Cl)cc3)cc2)cc1. The molecule has 0 heterocycles. The second kappa shape index (κ2) is 8.90. The summed E-state index contributed by atoms with van der Waals surface area (Å²) < 4.78 is 29.0. The fourth-order valence-corrected chi connectivity index (χ4v) is 5.49. The summed E-state index contributed by atoms with van der Waals surface area (Å²) in [6, 6.07) is 20.2. The molecule has 0 aromatic heterocycles. The Morgan fingerprint density at radius 1 is 0.931 bits per heavy atom. The Morgan fingerprint density at radius 2 is 1.52 bits per heavy atom. The molecule has 0 spiro atoms. The summed E-state index contributed by atoms with van der Waals surface area (Å²) >= 11 is 5.83. The zero-order valence-corrected chi connectivity index (χ0v) is 18.2. The predicted molar refractivity (Wildman–Crippen MR) is 118 cm³/mol. The van der Waals surface area contributed by atoms with Crippen molar-refractivity contribution < 1.29 is 13.2 Å². The Bertz CT molecular complexity index is 1160. The topological polar surface area (TPSA) is 75.6 Å². The van der Waals surface area contributed by atoms with Crippen molar-refractivity contribution in [2.75, 3.05) is 11.6 Å². The Kier molecular flexibility index (Phi) is 6.52. The molecule has 3 aromatic rings. The van der Waals surface area contributed by atoms with Gasteiger partial charge in [0, 0.05) is 21.2 Å². The van der Waals surface area contributed by atoms with Gasteiger partial charge in [-0.3, -0.25) is 4.79 Å². The zero-order valence-electron chi connectivity index (χ0n) is 15.8. The van der Waals surface area contributed by atoms with E-state index >= 15 is 0 Å². The minimum absolute atomic E-state index is 0.175. The lowest BCUT2D eigenvalue weighted by atomic mass is 10.2. The molecule has 1 unspecified atom stereocenters. The summed E-state index contributed by atoms with van der Waals surface area (Å²) in [4.78, 5) is 13.2. The van der Waals surface area contributed by atoms with Crippen molar-refractivity contribution >= 4 is 43.9 Å². The Balaban J connectivity index is 1.75. The predicted octanol–water partition coefficient (Wildman–Crippen LogP) is 5.08. The van der Waals surface area contributed by atoms with Gasteiger partial charge in [0.1, 0.15) is 0 Å². The molecular weight excluding hydrogens is 428 g/mol. The number of nitrogens with one attached hydrogen (secondary N) is 1. The number of hydrogen-bond acceptors (Lipinski definition) is 3. The van der Waals surface area contributed by atoms with Gasteiger partial charge >= 0.3 is 0 Å². The first kappa shape index (κ1) is 21.2. The van der Waals surface area contributed by atoms with Crippen LogP contribution in [0.2, 0.25) is 5.02 Å². The smallest absolute Gasteiger partial charge is 0.288 e. The largest absolute Gasteiger partial charge is 0.322 e. The molecule has 5 nitrogen and oxygen atoms in total. The third-order valence-electron chi connectivity index (χ3n) is 4.09. The number of anilines is 1. The van der Waals surface area contributed by atoms with Crippen LogP contribution in [-0.2, 0) is 20.7 Å². The van der Waals surface area contributed by atoms with Crippen LogP contribution in [0.1, 0.15) is 15.9 Å². The number of nitrogens with zero attached hydrogens (tertiary/aromatic N) is 1. The van der Waals surface area contributed by atoms with Crippen LogP contribution in [-0.4, -0.2) is 20.6 Å². The summed E-state index contributed by atoms with van der Waals surface area (Å²) in [7, 11) is -4.59. The minimum atomic E-state index is -3.74. The average molecular weight is 447 g/mol. The summed E-state index contributed by atoms with van der Waals surface area (Å²) in [5.74, 6) is -0.253. The molecule has 0 aliphatic rings. The first-order valence-electron chi connectivity index (χ1n) is 8.62. The quantitative estimate of drug-likeness (QED) is 0.593. The number of amides is 1. The molecule has 150 valence electrons. The molecular formula is C21H19ClN2O3S2. The summed E-state index contributed by atoms with van der Waals surface area (Å²) in [6.07, 6.45) is 1.74. The van der Waals surface area contributed by atoms with E-state index < -0.39 is 20.7 Å². The Labute approximate surface area is 177 Å². The van der Waals surface area contributed by atoms with Gasteiger partial charge in [-0.1, -0.05) is 40.0 Å². The van der Waals surface area contributed by atoms with Crippen LogP contribution < -0.4 is 5.32 Å². The number of hydrogen-bond donors (Lipinski definition) is 1. The first-order valence-corrected chi connectivity index (χ1v) is 12.0. The molecule has 1 N–H and O–H groups in total. The van der Waals surface area contributed by atoms with Gasteiger partial charge in [-0.05, 0) is 73.8 Å². The highest BCUT2D eigenvalue weighted by molar-refractivity contribution is 7.99. The summed E-state index contributed by atoms with van der Waals surface area (Å²) in [5, 5.41) is 3.36. The minimum Gasteiger partial charge on any atom is -0.322 e. The monoisotopic (exact) mass is 446 g/mol. The number of benzene rings is 3. The van der Waals surface area contributed by atoms with Crippen molar-refractivity contribution in [1.82, 2.24) is 0 Å². The van der Waals surface area contributed by atoms with Crippen molar-refractivity contribution in [2.45, 2.75) is 16.7 Å². The van der Waals surface area contributed by atoms with Gasteiger partial charge in [-0.15, -0.1) is 3.77 Å². The summed E-state index contributed by atoms with van der Waals surface area (Å²) in [5.41, 5.74) is 2.08. The first-order chi connectivity index (χ1) is 13.7. The zero-order chi connectivity index (χ0) is 21.0. The van der Waals surface area contributed by atoms with Gasteiger partial charge in [-0.25, -0.2) is 0 Å². The maximum atomic E-state index is 12.5. The van der Waals surface area contributed by atoms with E-state index in [-0.39, 0.29) is 10.8 Å². The fourth-order valence-electron chi connectivity index (χ4n) is 2.48. The van der Waals surface area contributed by atoms with Crippen molar-refractivity contribution in [3.8, 4) is 0 Å². The van der Waals surface area contributed by atoms with E-state index in [1.54, 1.807) is 79.1 Å². The standard InChI is InChI=1S/C21H19ClN2O3S2/c1-15-3-13-20(14-4-15)29(26,27)24-28(2)19-11-9-18(10-12-19)23-21(25)16-5-7-17(22)8-6-16/h3-14H,1-2H3,(H,23,25). The van der Waals surface area contributed by atoms with Crippen LogP contribution in [0.4, 0.5) is 5.69 Å². The third-order valence-corrected chi connectivity index (χ3v) is 7.84. The molecule has 0 aliphatic carbocycles. The van der Waals surface area contributed by atoms with E-state index in [1.165, 1.54) is 0 Å². The molecule has 0 saturated carbocycles. The molecule has 0 saturated heterocycles. The van der Waals surface area contributed by atoms with Crippen LogP contribution in [0, 0.1) is 6.92 Å². The molecule has 1 atom stereocenters. The van der Waals surface area contributed by atoms with E-state index in [9.17, 15) is 13.2 Å². The molecule has 0 bridgehead atoms. The van der Waals surface area contributed by atoms with E-state index in [2.05, 4.69) is 9.08 Å². The highest BCUT2D eigenvalue weighted by Crippen LogP contribution is 2.19. The van der Waals surface area contributed by atoms with Crippen LogP contribution in [0.5, 0.6) is 0 Å². The van der Waals surface area contributed by atoms with E-state index in [4.69, 9.17) is 11.6 Å². The van der Waals surface area contributed by atoms with Gasteiger partial charge in [0.25, 0.3) is 15.9 Å². The van der Waals surface area contributed by atoms with E-state index in [0.29, 0.717) is 16.3 Å². The molecule has 3 rings (SSSR count). The molecule has 1 amide bonds. The lowest BCUT2D eigenvalue weighted by Crippen LogP contribution is -2.11. The van der Waals surface area contributed by atoms with Crippen LogP contribution in [0.15, 0.2) is 86.4 Å². The molecule has 29 heavy (non-hydrogen) atoms. The summed E-state index contributed by atoms with van der Waals surface area (Å²) in [6.45, 7) is 1.89. The number of aryl methyl sites for hydroxylation is 1. The Morgan fingerprint density at radius 3 is 2.10 bits per heavy atom. The number of carbonyl (C=O) groups excluding carboxylic acids is 1. The number of sulfonamides is 1. The maximum Gasteiger partial charge on any atom is 0.288 e. The van der Waals surface area contributed by atoms with Gasteiger partial charge in [-0.2, -0.15) is 8.42 Å².